The molecule has 1 saturated carbocycles. The summed E-state index contributed by atoms with van der Waals surface area (Å²) in [6.07, 6.45) is -3.15. The van der Waals surface area contributed by atoms with Crippen LogP contribution in [0.4, 0.5) is 22.0 Å². The van der Waals surface area contributed by atoms with Crippen LogP contribution in [-0.2, 0) is 9.53 Å². The molecule has 0 bridgehead atoms. The van der Waals surface area contributed by atoms with E-state index in [1.54, 1.807) is 0 Å². The van der Waals surface area contributed by atoms with Crippen LogP contribution in [0.5, 0.6) is 0 Å². The van der Waals surface area contributed by atoms with Gasteiger partial charge in [0.1, 0.15) is 0 Å². The molecular formula is C13H19F5O2. The van der Waals surface area contributed by atoms with Gasteiger partial charge in [-0.05, 0) is 19.3 Å². The standard InChI is InChI=1S/C13H19F5O2/c1-2-20-11(9-19,12(14,15)13(16,17)18)8-10-6-4-3-5-7-10/h9-10H,2-8H2,1H3. The average Bonchev–Trinajstić information content (AvgIpc) is 2.37. The molecule has 0 N–H and O–H groups in total. The highest BCUT2D eigenvalue weighted by atomic mass is 19.4. The fourth-order valence-corrected chi connectivity index (χ4v) is 2.75. The number of rotatable bonds is 6. The third kappa shape index (κ3) is 3.30. The SMILES string of the molecule is CCOC(C=O)(CC1CCCCC1)C(F)(F)C(F)(F)F. The van der Waals surface area contributed by atoms with Crippen molar-refractivity contribution < 1.29 is 31.5 Å². The Hall–Kier alpha value is -0.720. The van der Waals surface area contributed by atoms with E-state index in [1.807, 2.05) is 0 Å². The Morgan fingerprint density at radius 2 is 1.65 bits per heavy atom. The Kier molecular flexibility index (Phi) is 5.52. The van der Waals surface area contributed by atoms with Crippen LogP contribution in [0.15, 0.2) is 0 Å². The molecule has 1 atom stereocenters. The number of halogens is 5. The molecule has 118 valence electrons. The second-order valence-electron chi connectivity index (χ2n) is 5.22. The van der Waals surface area contributed by atoms with Gasteiger partial charge < -0.3 is 4.74 Å². The Bertz CT molecular complexity index is 323. The summed E-state index contributed by atoms with van der Waals surface area (Å²) in [5.74, 6) is -5.52. The molecule has 2 nitrogen and oxygen atoms in total. The maximum Gasteiger partial charge on any atom is 0.456 e. The van der Waals surface area contributed by atoms with Gasteiger partial charge in [0, 0.05) is 6.61 Å². The Labute approximate surface area is 114 Å². The van der Waals surface area contributed by atoms with Crippen LogP contribution in [0, 0.1) is 5.92 Å². The molecule has 0 saturated heterocycles. The minimum Gasteiger partial charge on any atom is -0.361 e. The van der Waals surface area contributed by atoms with Crippen molar-refractivity contribution in [2.75, 3.05) is 6.61 Å². The molecule has 0 radical (unpaired) electrons. The van der Waals surface area contributed by atoms with E-state index in [1.165, 1.54) is 6.92 Å². The first-order chi connectivity index (χ1) is 9.20. The van der Waals surface area contributed by atoms with E-state index in [0.29, 0.717) is 12.8 Å². The van der Waals surface area contributed by atoms with Gasteiger partial charge in [-0.3, -0.25) is 4.79 Å². The number of aldehydes is 1. The highest BCUT2D eigenvalue weighted by molar-refractivity contribution is 5.65. The second kappa shape index (κ2) is 6.37. The van der Waals surface area contributed by atoms with E-state index in [-0.39, 0.29) is 18.8 Å². The van der Waals surface area contributed by atoms with Crippen LogP contribution in [-0.4, -0.2) is 30.6 Å². The van der Waals surface area contributed by atoms with Crippen molar-refractivity contribution in [1.29, 1.82) is 0 Å². The Morgan fingerprint density at radius 3 is 2.05 bits per heavy atom. The first kappa shape index (κ1) is 17.3. The number of hydrogen-bond donors (Lipinski definition) is 0. The highest BCUT2D eigenvalue weighted by Gasteiger charge is 2.71. The van der Waals surface area contributed by atoms with Crippen molar-refractivity contribution in [2.24, 2.45) is 5.92 Å². The predicted molar refractivity (Wildman–Crippen MR) is 62.6 cm³/mol. The first-order valence-electron chi connectivity index (χ1n) is 6.75. The number of carbonyl (C=O) groups excluding carboxylic acids is 1. The van der Waals surface area contributed by atoms with Crippen molar-refractivity contribution >= 4 is 6.29 Å². The maximum absolute atomic E-state index is 13.7. The fraction of sp³-hybridized carbons (Fsp3) is 0.923. The summed E-state index contributed by atoms with van der Waals surface area (Å²) in [6, 6.07) is 0. The fourth-order valence-electron chi connectivity index (χ4n) is 2.75. The van der Waals surface area contributed by atoms with Crippen LogP contribution in [0.3, 0.4) is 0 Å². The summed E-state index contributed by atoms with van der Waals surface area (Å²) in [5, 5.41) is 0. The topological polar surface area (TPSA) is 26.3 Å². The van der Waals surface area contributed by atoms with Gasteiger partial charge in [0.25, 0.3) is 0 Å². The van der Waals surface area contributed by atoms with Gasteiger partial charge in [-0.25, -0.2) is 0 Å². The monoisotopic (exact) mass is 302 g/mol. The molecule has 7 heteroatoms. The molecule has 0 amide bonds. The summed E-state index contributed by atoms with van der Waals surface area (Å²) in [4.78, 5) is 11.1. The number of ether oxygens (including phenoxy) is 1. The van der Waals surface area contributed by atoms with Crippen molar-refractivity contribution in [3.63, 3.8) is 0 Å². The van der Waals surface area contributed by atoms with Crippen molar-refractivity contribution in [1.82, 2.24) is 0 Å². The van der Waals surface area contributed by atoms with Gasteiger partial charge in [0.15, 0.2) is 11.9 Å². The van der Waals surface area contributed by atoms with Crippen LogP contribution < -0.4 is 0 Å². The smallest absolute Gasteiger partial charge is 0.361 e. The van der Waals surface area contributed by atoms with E-state index in [4.69, 9.17) is 0 Å². The number of alkyl halides is 5. The number of carbonyl (C=O) groups is 1. The minimum atomic E-state index is -5.81. The molecule has 0 heterocycles. The average molecular weight is 302 g/mol. The van der Waals surface area contributed by atoms with Gasteiger partial charge in [-0.1, -0.05) is 32.1 Å². The highest BCUT2D eigenvalue weighted by Crippen LogP contribution is 2.48. The Balaban J connectivity index is 3.04. The molecule has 0 aromatic carbocycles. The molecule has 20 heavy (non-hydrogen) atoms. The third-order valence-electron chi connectivity index (χ3n) is 3.80. The lowest BCUT2D eigenvalue weighted by molar-refractivity contribution is -0.340. The second-order valence-corrected chi connectivity index (χ2v) is 5.22. The predicted octanol–water partition coefficient (Wildman–Crippen LogP) is 4.13. The molecule has 1 aliphatic carbocycles. The molecule has 0 spiro atoms. The molecule has 1 rings (SSSR count). The lowest BCUT2D eigenvalue weighted by Crippen LogP contribution is -2.60. The molecule has 1 unspecified atom stereocenters. The summed E-state index contributed by atoms with van der Waals surface area (Å²) in [7, 11) is 0. The van der Waals surface area contributed by atoms with Gasteiger partial charge in [-0.2, -0.15) is 22.0 Å². The zero-order valence-electron chi connectivity index (χ0n) is 11.3. The third-order valence-corrected chi connectivity index (χ3v) is 3.80. The molecular weight excluding hydrogens is 283 g/mol. The van der Waals surface area contributed by atoms with E-state index in [0.717, 1.165) is 19.3 Å². The quantitative estimate of drug-likeness (QED) is 0.545. The maximum atomic E-state index is 13.7. The van der Waals surface area contributed by atoms with Gasteiger partial charge in [0.2, 0.25) is 0 Å². The molecule has 0 aromatic heterocycles. The lowest BCUT2D eigenvalue weighted by atomic mass is 9.78. The summed E-state index contributed by atoms with van der Waals surface area (Å²) in [6.45, 7) is 0.919. The first-order valence-corrected chi connectivity index (χ1v) is 6.75. The van der Waals surface area contributed by atoms with Crippen LogP contribution in [0.25, 0.3) is 0 Å². The Morgan fingerprint density at radius 1 is 1.10 bits per heavy atom. The minimum absolute atomic E-state index is 0.339. The van der Waals surface area contributed by atoms with E-state index >= 15 is 0 Å². The molecule has 1 fully saturated rings. The van der Waals surface area contributed by atoms with Gasteiger partial charge in [-0.15, -0.1) is 0 Å². The molecule has 1 aliphatic rings. The zero-order valence-corrected chi connectivity index (χ0v) is 11.3. The summed E-state index contributed by atoms with van der Waals surface area (Å²) in [5.41, 5.74) is -3.11. The van der Waals surface area contributed by atoms with E-state index in [9.17, 15) is 26.7 Å². The summed E-state index contributed by atoms with van der Waals surface area (Å²) < 4.78 is 69.9. The van der Waals surface area contributed by atoms with Gasteiger partial charge in [0.05, 0.1) is 0 Å². The van der Waals surface area contributed by atoms with Crippen LogP contribution >= 0.6 is 0 Å². The zero-order chi connectivity index (χ0) is 15.4. The van der Waals surface area contributed by atoms with Crippen molar-refractivity contribution in [2.45, 2.75) is 63.1 Å². The normalized spacial score (nSPS) is 21.5. The molecule has 0 aliphatic heterocycles. The number of hydrogen-bond acceptors (Lipinski definition) is 2. The molecule has 0 aromatic rings. The largest absolute Gasteiger partial charge is 0.456 e. The van der Waals surface area contributed by atoms with E-state index in [2.05, 4.69) is 4.74 Å². The summed E-state index contributed by atoms with van der Waals surface area (Å²) >= 11 is 0. The van der Waals surface area contributed by atoms with E-state index < -0.39 is 24.1 Å². The van der Waals surface area contributed by atoms with Crippen LogP contribution in [0.2, 0.25) is 0 Å². The van der Waals surface area contributed by atoms with Crippen molar-refractivity contribution in [3.8, 4) is 0 Å². The van der Waals surface area contributed by atoms with Crippen LogP contribution in [0.1, 0.15) is 45.4 Å². The van der Waals surface area contributed by atoms with Crippen molar-refractivity contribution in [3.05, 3.63) is 0 Å². The van der Waals surface area contributed by atoms with Gasteiger partial charge >= 0.3 is 12.1 Å². The lowest BCUT2D eigenvalue weighted by Gasteiger charge is -2.39.